The topological polar surface area (TPSA) is 70.8 Å². The van der Waals surface area contributed by atoms with Gasteiger partial charge in [-0.25, -0.2) is 4.79 Å². The number of carbonyl (C=O) groups excluding carboxylic acids is 1. The number of carboxylic acids is 1. The molecule has 1 aromatic heterocycles. The van der Waals surface area contributed by atoms with Gasteiger partial charge in [0.15, 0.2) is 0 Å². The summed E-state index contributed by atoms with van der Waals surface area (Å²) >= 11 is 6.26. The van der Waals surface area contributed by atoms with Crippen molar-refractivity contribution in [3.05, 3.63) is 28.6 Å². The van der Waals surface area contributed by atoms with Gasteiger partial charge < -0.3 is 9.52 Å². The van der Waals surface area contributed by atoms with E-state index in [2.05, 4.69) is 0 Å². The minimum absolute atomic E-state index is 0.273. The monoisotopic (exact) mass is 325 g/mol. The Labute approximate surface area is 132 Å². The van der Waals surface area contributed by atoms with E-state index in [0.29, 0.717) is 23.5 Å². The fourth-order valence-electron chi connectivity index (χ4n) is 2.05. The van der Waals surface area contributed by atoms with Crippen LogP contribution >= 0.6 is 24.0 Å². The summed E-state index contributed by atoms with van der Waals surface area (Å²) in [6.45, 7) is 3.68. The minimum Gasteiger partial charge on any atom is -0.480 e. The van der Waals surface area contributed by atoms with E-state index >= 15 is 0 Å². The Morgan fingerprint density at radius 3 is 2.81 bits per heavy atom. The van der Waals surface area contributed by atoms with Crippen LogP contribution in [0.3, 0.4) is 0 Å². The van der Waals surface area contributed by atoms with Crippen LogP contribution in [0.1, 0.15) is 31.3 Å². The summed E-state index contributed by atoms with van der Waals surface area (Å²) in [5, 5.41) is 9.28. The van der Waals surface area contributed by atoms with E-state index in [1.807, 2.05) is 13.8 Å². The maximum atomic E-state index is 12.4. The Balaban J connectivity index is 2.27. The van der Waals surface area contributed by atoms with Crippen LogP contribution in [-0.4, -0.2) is 32.2 Å². The van der Waals surface area contributed by atoms with Crippen molar-refractivity contribution in [1.29, 1.82) is 0 Å². The van der Waals surface area contributed by atoms with Gasteiger partial charge in [0.05, 0.1) is 4.91 Å². The van der Waals surface area contributed by atoms with Crippen molar-refractivity contribution in [2.24, 2.45) is 0 Å². The van der Waals surface area contributed by atoms with E-state index < -0.39 is 12.0 Å². The zero-order valence-electron chi connectivity index (χ0n) is 11.7. The molecule has 2 rings (SSSR count). The van der Waals surface area contributed by atoms with Gasteiger partial charge in [0.2, 0.25) is 0 Å². The fourth-order valence-corrected chi connectivity index (χ4v) is 3.38. The molecule has 1 atom stereocenters. The first-order valence-electron chi connectivity index (χ1n) is 6.50. The van der Waals surface area contributed by atoms with Crippen molar-refractivity contribution in [2.45, 2.75) is 32.7 Å². The average molecular weight is 325 g/mol. The van der Waals surface area contributed by atoms with Gasteiger partial charge in [-0.05, 0) is 25.5 Å². The molecule has 0 radical (unpaired) electrons. The first kappa shape index (κ1) is 15.8. The molecule has 1 amide bonds. The van der Waals surface area contributed by atoms with Crippen molar-refractivity contribution < 1.29 is 19.1 Å². The maximum Gasteiger partial charge on any atom is 0.326 e. The molecule has 0 spiro atoms. The van der Waals surface area contributed by atoms with Gasteiger partial charge in [0.1, 0.15) is 21.9 Å². The maximum absolute atomic E-state index is 12.4. The van der Waals surface area contributed by atoms with Crippen molar-refractivity contribution in [3.63, 3.8) is 0 Å². The predicted molar refractivity (Wildman–Crippen MR) is 84.8 cm³/mol. The number of furan rings is 1. The molecular weight excluding hydrogens is 310 g/mol. The highest BCUT2D eigenvalue weighted by molar-refractivity contribution is 8.26. The lowest BCUT2D eigenvalue weighted by atomic mass is 10.1. The third-order valence-electron chi connectivity index (χ3n) is 3.02. The molecule has 7 heteroatoms. The second-order valence-electron chi connectivity index (χ2n) is 4.64. The summed E-state index contributed by atoms with van der Waals surface area (Å²) in [4.78, 5) is 25.3. The van der Waals surface area contributed by atoms with Crippen molar-refractivity contribution >= 4 is 46.3 Å². The smallest absolute Gasteiger partial charge is 0.326 e. The first-order valence-corrected chi connectivity index (χ1v) is 7.72. The molecule has 0 bridgehead atoms. The predicted octanol–water partition coefficient (Wildman–Crippen LogP) is 3.04. The summed E-state index contributed by atoms with van der Waals surface area (Å²) in [5.74, 6) is -0.121. The molecule has 2 heterocycles. The van der Waals surface area contributed by atoms with Crippen LogP contribution in [0, 0.1) is 6.92 Å². The Bertz CT molecular complexity index is 620. The van der Waals surface area contributed by atoms with Gasteiger partial charge in [-0.1, -0.05) is 37.3 Å². The molecule has 1 fully saturated rings. The van der Waals surface area contributed by atoms with E-state index in [4.69, 9.17) is 16.6 Å². The highest BCUT2D eigenvalue weighted by Crippen LogP contribution is 2.35. The fraction of sp³-hybridized carbons (Fsp3) is 0.357. The lowest BCUT2D eigenvalue weighted by molar-refractivity contribution is -0.145. The van der Waals surface area contributed by atoms with Crippen LogP contribution in [0.25, 0.3) is 6.08 Å². The van der Waals surface area contributed by atoms with Crippen LogP contribution in [0.15, 0.2) is 21.5 Å². The Hall–Kier alpha value is -1.60. The molecule has 0 aliphatic carbocycles. The van der Waals surface area contributed by atoms with Crippen molar-refractivity contribution in [3.8, 4) is 0 Å². The minimum atomic E-state index is -1.04. The third kappa shape index (κ3) is 3.36. The largest absolute Gasteiger partial charge is 0.480 e. The number of aryl methyl sites for hydroxylation is 1. The highest BCUT2D eigenvalue weighted by Gasteiger charge is 2.40. The second-order valence-corrected chi connectivity index (χ2v) is 6.32. The van der Waals surface area contributed by atoms with E-state index in [0.717, 1.165) is 17.5 Å². The zero-order valence-corrected chi connectivity index (χ0v) is 13.3. The van der Waals surface area contributed by atoms with Gasteiger partial charge in [-0.3, -0.25) is 9.69 Å². The third-order valence-corrected chi connectivity index (χ3v) is 4.35. The normalized spacial score (nSPS) is 18.6. The zero-order chi connectivity index (χ0) is 15.6. The number of carbonyl (C=O) groups is 2. The van der Waals surface area contributed by atoms with Gasteiger partial charge >= 0.3 is 5.97 Å². The summed E-state index contributed by atoms with van der Waals surface area (Å²) in [5.41, 5.74) is 0. The Morgan fingerprint density at radius 2 is 2.29 bits per heavy atom. The molecule has 1 saturated heterocycles. The van der Waals surface area contributed by atoms with E-state index in [1.165, 1.54) is 4.90 Å². The number of thiocarbonyl (C=S) groups is 1. The van der Waals surface area contributed by atoms with Crippen LogP contribution in [0.5, 0.6) is 0 Å². The Kier molecular flexibility index (Phi) is 4.84. The quantitative estimate of drug-likeness (QED) is 0.663. The molecular formula is C14H15NO4S2. The van der Waals surface area contributed by atoms with Crippen LogP contribution in [-0.2, 0) is 9.59 Å². The van der Waals surface area contributed by atoms with Crippen LogP contribution in [0.2, 0.25) is 0 Å². The molecule has 5 nitrogen and oxygen atoms in total. The number of carboxylic acid groups (broad SMARTS) is 1. The molecule has 21 heavy (non-hydrogen) atoms. The molecule has 1 aliphatic rings. The summed E-state index contributed by atoms with van der Waals surface area (Å²) in [6, 6.07) is 2.64. The van der Waals surface area contributed by atoms with Gasteiger partial charge in [-0.2, -0.15) is 0 Å². The number of aliphatic carboxylic acids is 1. The van der Waals surface area contributed by atoms with Crippen LogP contribution in [0.4, 0.5) is 0 Å². The first-order chi connectivity index (χ1) is 9.93. The molecule has 0 saturated carbocycles. The molecule has 1 N–H and O–H groups in total. The average Bonchev–Trinajstić information content (AvgIpc) is 2.93. The number of nitrogens with zero attached hydrogens (tertiary/aromatic N) is 1. The summed E-state index contributed by atoms with van der Waals surface area (Å²) in [7, 11) is 0. The van der Waals surface area contributed by atoms with E-state index in [-0.39, 0.29) is 10.2 Å². The standard InChI is InChI=1S/C14H15NO4S2/c1-3-4-10(13(17)18)15-12(16)11(21-14(15)20)7-9-6-5-8(2)19-9/h5-7,10H,3-4H2,1-2H3,(H,17,18). The lowest BCUT2D eigenvalue weighted by Gasteiger charge is -2.22. The van der Waals surface area contributed by atoms with E-state index in [1.54, 1.807) is 18.2 Å². The Morgan fingerprint density at radius 1 is 1.57 bits per heavy atom. The molecule has 1 unspecified atom stereocenters. The molecule has 1 aliphatic heterocycles. The van der Waals surface area contributed by atoms with Crippen molar-refractivity contribution in [2.75, 3.05) is 0 Å². The van der Waals surface area contributed by atoms with Gasteiger partial charge in [0.25, 0.3) is 5.91 Å². The number of thioether (sulfide) groups is 1. The molecule has 0 aromatic carbocycles. The highest BCUT2D eigenvalue weighted by atomic mass is 32.2. The lowest BCUT2D eigenvalue weighted by Crippen LogP contribution is -2.43. The second kappa shape index (κ2) is 6.44. The SMILES string of the molecule is CCCC(C(=O)O)N1C(=O)C(=Cc2ccc(C)o2)SC1=S. The molecule has 1 aromatic rings. The van der Waals surface area contributed by atoms with Gasteiger partial charge in [0, 0.05) is 6.08 Å². The van der Waals surface area contributed by atoms with Crippen LogP contribution < -0.4 is 0 Å². The number of rotatable bonds is 5. The van der Waals surface area contributed by atoms with Gasteiger partial charge in [-0.15, -0.1) is 0 Å². The van der Waals surface area contributed by atoms with E-state index in [9.17, 15) is 14.7 Å². The summed E-state index contributed by atoms with van der Waals surface area (Å²) < 4.78 is 5.67. The molecule has 112 valence electrons. The summed E-state index contributed by atoms with van der Waals surface area (Å²) in [6.07, 6.45) is 2.62. The van der Waals surface area contributed by atoms with Crippen molar-refractivity contribution in [1.82, 2.24) is 4.90 Å². The number of hydrogen-bond acceptors (Lipinski definition) is 5. The number of hydrogen-bond donors (Lipinski definition) is 1. The number of amides is 1.